The molecule has 3 aromatic heterocycles. The Morgan fingerprint density at radius 3 is 2.56 bits per heavy atom. The lowest BCUT2D eigenvalue weighted by atomic mass is 10.1. The second kappa shape index (κ2) is 11.4. The molecule has 8 nitrogen and oxygen atoms in total. The van der Waals surface area contributed by atoms with E-state index < -0.39 is 5.97 Å². The second-order valence-electron chi connectivity index (χ2n) is 8.63. The van der Waals surface area contributed by atoms with Gasteiger partial charge in [0.15, 0.2) is 0 Å². The zero-order valence-corrected chi connectivity index (χ0v) is 21.7. The number of unbranched alkanes of at least 4 members (excludes halogenated alkanes) is 1. The summed E-state index contributed by atoms with van der Waals surface area (Å²) in [5.41, 5.74) is 4.99. The van der Waals surface area contributed by atoms with Crippen molar-refractivity contribution >= 4 is 29.0 Å². The summed E-state index contributed by atoms with van der Waals surface area (Å²) in [5.74, 6) is 0.651. The molecule has 1 aromatic carbocycles. The summed E-state index contributed by atoms with van der Waals surface area (Å²) in [6.45, 7) is 7.01. The van der Waals surface area contributed by atoms with Crippen LogP contribution in [-0.4, -0.2) is 46.7 Å². The summed E-state index contributed by atoms with van der Waals surface area (Å²) in [7, 11) is 0. The molecule has 4 rings (SSSR count). The molecule has 0 aliphatic heterocycles. The molecule has 0 unspecified atom stereocenters. The van der Waals surface area contributed by atoms with Gasteiger partial charge in [0.25, 0.3) is 0 Å². The molecule has 0 aliphatic rings. The van der Waals surface area contributed by atoms with E-state index in [9.17, 15) is 9.90 Å². The van der Waals surface area contributed by atoms with Gasteiger partial charge in [-0.25, -0.2) is 15.0 Å². The van der Waals surface area contributed by atoms with E-state index in [-0.39, 0.29) is 6.42 Å². The number of aromatic nitrogens is 5. The molecule has 4 aromatic rings. The second-order valence-corrected chi connectivity index (χ2v) is 9.00. The minimum atomic E-state index is -0.846. The Labute approximate surface area is 216 Å². The predicted molar refractivity (Wildman–Crippen MR) is 142 cm³/mol. The minimum Gasteiger partial charge on any atom is -0.482 e. The van der Waals surface area contributed by atoms with Crippen molar-refractivity contribution in [3.05, 3.63) is 71.2 Å². The van der Waals surface area contributed by atoms with Crippen LogP contribution in [-0.2, 0) is 28.9 Å². The molecule has 3 heterocycles. The van der Waals surface area contributed by atoms with Crippen LogP contribution in [0.2, 0.25) is 0 Å². The fourth-order valence-corrected chi connectivity index (χ4v) is 4.72. The topological polar surface area (TPSA) is 94.5 Å². The first kappa shape index (κ1) is 25.5. The number of aliphatic carboxylic acids is 1. The molecule has 0 spiro atoms. The van der Waals surface area contributed by atoms with Gasteiger partial charge in [-0.2, -0.15) is 0 Å². The Balaban J connectivity index is 1.76. The van der Waals surface area contributed by atoms with Crippen molar-refractivity contribution in [1.82, 2.24) is 23.9 Å². The summed E-state index contributed by atoms with van der Waals surface area (Å²) >= 11 is 5.57. The van der Waals surface area contributed by atoms with Crippen LogP contribution in [0.1, 0.15) is 61.7 Å². The highest BCUT2D eigenvalue weighted by Gasteiger charge is 2.21. The van der Waals surface area contributed by atoms with Gasteiger partial charge in [-0.15, -0.1) is 0 Å². The van der Waals surface area contributed by atoms with E-state index >= 15 is 0 Å². The highest BCUT2D eigenvalue weighted by atomic mass is 32.1. The molecule has 0 saturated heterocycles. The summed E-state index contributed by atoms with van der Waals surface area (Å²) in [6, 6.07) is 11.7. The minimum absolute atomic E-state index is 0.0166. The Morgan fingerprint density at radius 2 is 1.86 bits per heavy atom. The number of fused-ring (bicyclic) bond motifs is 1. The molecule has 0 fully saturated rings. The molecule has 0 bridgehead atoms. The number of carbonyl (C=O) groups is 1. The van der Waals surface area contributed by atoms with Gasteiger partial charge in [-0.05, 0) is 38.6 Å². The zero-order valence-electron chi connectivity index (χ0n) is 20.9. The van der Waals surface area contributed by atoms with Crippen molar-refractivity contribution in [3.63, 3.8) is 0 Å². The standard InChI is InChI=1S/C27H31N5O3S/c1-4-6-12-22-28-18(3)25(26(36)35-5-2)32(22)17-20-15-16-31-21(13-14-23(33)34)24(30-27(31)29-20)19-10-8-7-9-11-19/h7-11,15-16H,4-6,12-14,17H2,1-3H3,(H,33,34). The fourth-order valence-electron chi connectivity index (χ4n) is 4.34. The summed E-state index contributed by atoms with van der Waals surface area (Å²) in [6.07, 6.45) is 5.23. The number of thiocarbonyl (C=S) groups is 1. The summed E-state index contributed by atoms with van der Waals surface area (Å²) < 4.78 is 9.67. The monoisotopic (exact) mass is 505 g/mol. The number of imidazole rings is 2. The van der Waals surface area contributed by atoms with Gasteiger partial charge in [-0.3, -0.25) is 9.20 Å². The first-order valence-electron chi connectivity index (χ1n) is 12.3. The number of hydrogen-bond donors (Lipinski definition) is 1. The predicted octanol–water partition coefficient (Wildman–Crippen LogP) is 5.02. The fraction of sp³-hybridized carbons (Fsp3) is 0.370. The van der Waals surface area contributed by atoms with Crippen LogP contribution in [0, 0.1) is 6.92 Å². The van der Waals surface area contributed by atoms with Gasteiger partial charge in [0, 0.05) is 24.6 Å². The summed E-state index contributed by atoms with van der Waals surface area (Å²) in [4.78, 5) is 25.8. The maximum Gasteiger partial charge on any atom is 0.303 e. The first-order valence-corrected chi connectivity index (χ1v) is 12.7. The number of aryl methyl sites for hydroxylation is 3. The van der Waals surface area contributed by atoms with Crippen LogP contribution >= 0.6 is 12.2 Å². The van der Waals surface area contributed by atoms with Crippen LogP contribution in [0.15, 0.2) is 42.6 Å². The molecular weight excluding hydrogens is 474 g/mol. The van der Waals surface area contributed by atoms with Crippen LogP contribution in [0.25, 0.3) is 17.0 Å². The van der Waals surface area contributed by atoms with Gasteiger partial charge in [0.2, 0.25) is 10.8 Å². The van der Waals surface area contributed by atoms with Crippen molar-refractivity contribution in [2.24, 2.45) is 0 Å². The van der Waals surface area contributed by atoms with E-state index in [2.05, 4.69) is 11.5 Å². The zero-order chi connectivity index (χ0) is 25.7. The maximum absolute atomic E-state index is 11.3. The first-order chi connectivity index (χ1) is 17.4. The quantitative estimate of drug-likeness (QED) is 0.286. The van der Waals surface area contributed by atoms with Crippen LogP contribution < -0.4 is 0 Å². The number of ether oxygens (including phenoxy) is 1. The van der Waals surface area contributed by atoms with Crippen molar-refractivity contribution in [2.45, 2.75) is 59.4 Å². The smallest absolute Gasteiger partial charge is 0.303 e. The summed E-state index contributed by atoms with van der Waals surface area (Å²) in [5, 5.41) is 9.72. The Hall–Kier alpha value is -3.59. The molecule has 188 valence electrons. The highest BCUT2D eigenvalue weighted by Crippen LogP contribution is 2.26. The lowest BCUT2D eigenvalue weighted by Crippen LogP contribution is -2.16. The van der Waals surface area contributed by atoms with Gasteiger partial charge in [0.1, 0.15) is 11.5 Å². The van der Waals surface area contributed by atoms with E-state index in [4.69, 9.17) is 31.9 Å². The highest BCUT2D eigenvalue weighted by molar-refractivity contribution is 7.80. The van der Waals surface area contributed by atoms with Gasteiger partial charge < -0.3 is 14.4 Å². The molecule has 0 saturated carbocycles. The van der Waals surface area contributed by atoms with E-state index in [1.807, 2.05) is 60.8 Å². The number of carboxylic acid groups (broad SMARTS) is 1. The third-order valence-electron chi connectivity index (χ3n) is 6.04. The van der Waals surface area contributed by atoms with E-state index in [0.29, 0.717) is 30.4 Å². The normalized spacial score (nSPS) is 11.2. The largest absolute Gasteiger partial charge is 0.482 e. The number of hydrogen-bond acceptors (Lipinski definition) is 6. The van der Waals surface area contributed by atoms with Gasteiger partial charge in [0.05, 0.1) is 42.3 Å². The molecule has 9 heteroatoms. The average Bonchev–Trinajstić information content (AvgIpc) is 3.38. The Bertz CT molecular complexity index is 1380. The number of carboxylic acids is 1. The average molecular weight is 506 g/mol. The molecule has 0 atom stereocenters. The SMILES string of the molecule is CCCCc1nc(C)c(C(=S)OCC)n1Cc1ccn2c(CCC(=O)O)c(-c3ccccc3)nc2n1. The molecule has 36 heavy (non-hydrogen) atoms. The van der Waals surface area contributed by atoms with Crippen LogP contribution in [0.4, 0.5) is 0 Å². The number of rotatable bonds is 11. The van der Waals surface area contributed by atoms with Gasteiger partial charge >= 0.3 is 5.97 Å². The van der Waals surface area contributed by atoms with Crippen molar-refractivity contribution in [1.29, 1.82) is 0 Å². The molecule has 0 aliphatic carbocycles. The molecule has 0 radical (unpaired) electrons. The van der Waals surface area contributed by atoms with E-state index in [1.165, 1.54) is 0 Å². The van der Waals surface area contributed by atoms with Crippen LogP contribution in [0.3, 0.4) is 0 Å². The third-order valence-corrected chi connectivity index (χ3v) is 6.35. The van der Waals surface area contributed by atoms with Crippen molar-refractivity contribution in [2.75, 3.05) is 6.61 Å². The van der Waals surface area contributed by atoms with Crippen molar-refractivity contribution < 1.29 is 14.6 Å². The van der Waals surface area contributed by atoms with E-state index in [0.717, 1.165) is 59.1 Å². The lowest BCUT2D eigenvalue weighted by Gasteiger charge is -2.13. The van der Waals surface area contributed by atoms with E-state index in [1.54, 1.807) is 0 Å². The molecule has 1 N–H and O–H groups in total. The number of nitrogens with zero attached hydrogens (tertiary/aromatic N) is 5. The van der Waals surface area contributed by atoms with Gasteiger partial charge in [-0.1, -0.05) is 43.7 Å². The Kier molecular flexibility index (Phi) is 8.10. The van der Waals surface area contributed by atoms with Crippen LogP contribution in [0.5, 0.6) is 0 Å². The lowest BCUT2D eigenvalue weighted by molar-refractivity contribution is -0.136. The third kappa shape index (κ3) is 5.46. The Morgan fingerprint density at radius 1 is 1.08 bits per heavy atom. The maximum atomic E-state index is 11.3. The van der Waals surface area contributed by atoms with Crippen molar-refractivity contribution in [3.8, 4) is 11.3 Å². The molecular formula is C27H31N5O3S. The molecule has 0 amide bonds. The number of benzene rings is 1.